The molecule has 1 aromatic carbocycles. The SMILES string of the molecule is Cc1nnc(-c2c(CCC3CCOCC3)nc3c(c2C2CCN(C(=O)Cc4ccc(F)c(F)c4)CC2)S(=O)CC3C(C)C)o1.Cc1nnc(C2=C(CCC3CCOCC3)NC3=C(C2C2CCNCC2)S(=O)CC3C(C)C)o1.O.O.[HH].[HH]. The Morgan fingerprint density at radius 3 is 1.94 bits per heavy atom. The average molecular weight is 1140 g/mol. The molecular formula is C58H86F2N8O9S2. The van der Waals surface area contributed by atoms with Gasteiger partial charge in [-0.3, -0.25) is 18.2 Å². The maximum absolute atomic E-state index is 13.8. The van der Waals surface area contributed by atoms with Gasteiger partial charge >= 0.3 is 0 Å². The molecule has 10 heterocycles. The number of nitrogens with zero attached hydrogens (tertiary/aromatic N) is 6. The average Bonchev–Trinajstić information content (AvgIpc) is 4.24. The number of likely N-dealkylation sites (tertiary alicyclic amines) is 1. The van der Waals surface area contributed by atoms with Gasteiger partial charge in [0.15, 0.2) is 11.6 Å². The quantitative estimate of drug-likeness (QED) is 0.120. The van der Waals surface area contributed by atoms with E-state index in [4.69, 9.17) is 23.3 Å². The van der Waals surface area contributed by atoms with E-state index in [1.54, 1.807) is 11.8 Å². The Balaban J connectivity index is 0.000000257. The Labute approximate surface area is 471 Å². The zero-order valence-electron chi connectivity index (χ0n) is 46.8. The second-order valence-corrected chi connectivity index (χ2v) is 26.1. The van der Waals surface area contributed by atoms with Gasteiger partial charge in [0.1, 0.15) is 0 Å². The summed E-state index contributed by atoms with van der Waals surface area (Å²) < 4.78 is 77.8. The third kappa shape index (κ3) is 13.5. The first-order valence-corrected chi connectivity index (χ1v) is 31.1. The van der Waals surface area contributed by atoms with Crippen molar-refractivity contribution in [2.45, 2.75) is 142 Å². The fourth-order valence-corrected chi connectivity index (χ4v) is 17.1. The molecule has 79 heavy (non-hydrogen) atoms. The van der Waals surface area contributed by atoms with Gasteiger partial charge in [0.25, 0.3) is 0 Å². The molecule has 4 fully saturated rings. The van der Waals surface area contributed by atoms with Crippen LogP contribution >= 0.6 is 0 Å². The molecule has 0 aliphatic carbocycles. The molecule has 0 radical (unpaired) electrons. The summed E-state index contributed by atoms with van der Waals surface area (Å²) in [4.78, 5) is 22.1. The van der Waals surface area contributed by atoms with Crippen LogP contribution in [0, 0.1) is 66.9 Å². The Bertz CT molecular complexity index is 2880. The van der Waals surface area contributed by atoms with Crippen molar-refractivity contribution in [1.29, 1.82) is 0 Å². The normalized spacial score (nSPS) is 24.2. The largest absolute Gasteiger partial charge is 0.421 e. The third-order valence-electron chi connectivity index (χ3n) is 17.4. The topological polar surface area (TPSA) is 251 Å². The Hall–Kier alpha value is -4.64. The van der Waals surface area contributed by atoms with Crippen LogP contribution in [0.3, 0.4) is 0 Å². The number of carbonyl (C=O) groups excluding carboxylic acids is 1. The summed E-state index contributed by atoms with van der Waals surface area (Å²) in [6.07, 6.45) is 11.6. The third-order valence-corrected chi connectivity index (χ3v) is 20.6. The number of aromatic nitrogens is 5. The maximum atomic E-state index is 13.8. The van der Waals surface area contributed by atoms with Crippen molar-refractivity contribution in [2.24, 2.45) is 41.4 Å². The van der Waals surface area contributed by atoms with Crippen LogP contribution in [0.5, 0.6) is 0 Å². The van der Waals surface area contributed by atoms with E-state index in [-0.39, 0.29) is 49.8 Å². The van der Waals surface area contributed by atoms with Crippen LogP contribution in [0.4, 0.5) is 8.78 Å². The van der Waals surface area contributed by atoms with Gasteiger partial charge < -0.3 is 44.8 Å². The van der Waals surface area contributed by atoms with Crippen LogP contribution in [-0.4, -0.2) is 120 Å². The highest BCUT2D eigenvalue weighted by molar-refractivity contribution is 7.89. The van der Waals surface area contributed by atoms with Crippen LogP contribution in [0.1, 0.15) is 153 Å². The summed E-state index contributed by atoms with van der Waals surface area (Å²) in [6, 6.07) is 3.59. The van der Waals surface area contributed by atoms with Gasteiger partial charge in [-0.2, -0.15) is 0 Å². The van der Waals surface area contributed by atoms with Crippen LogP contribution in [-0.2, 0) is 48.7 Å². The smallest absolute Gasteiger partial charge is 0.249 e. The van der Waals surface area contributed by atoms with Gasteiger partial charge in [-0.1, -0.05) is 33.8 Å². The summed E-state index contributed by atoms with van der Waals surface area (Å²) in [6.45, 7) is 18.8. The lowest BCUT2D eigenvalue weighted by molar-refractivity contribution is -0.131. The molecule has 7 aliphatic rings. The monoisotopic (exact) mass is 1140 g/mol. The van der Waals surface area contributed by atoms with Crippen LogP contribution in [0.2, 0.25) is 0 Å². The molecule has 0 spiro atoms. The standard InChI is InChI=1S/C33H40F2N4O4S.C25H38N4O3S.2H2O.2H2/c1-19(2)24-18-44(41)32-29(23-8-12-39(13-9-23)28(40)17-22-4-6-25(34)26(35)16-22)30(33-38-37-20(3)43-33)27(36-31(24)32)7-5-21-10-14-42-15-11-21;1-15(2)19-14-33(30)24-21(18-6-10-26-11-7-18)22(25-29-28-16(3)32-25)20(27-23(19)24)5-4-17-8-12-31-13-9-17;;;;/h4,6,16,19,21,23-24H,5,7-15,17-18H2,1-3H3;15,17-19,21,26-27H,4-14H2,1-3H3;2*1H2;2*1H. The number of hydrogen-bond acceptors (Lipinski definition) is 14. The van der Waals surface area contributed by atoms with Crippen molar-refractivity contribution in [1.82, 2.24) is 40.9 Å². The second-order valence-electron chi connectivity index (χ2n) is 23.2. The molecule has 3 aromatic heterocycles. The predicted molar refractivity (Wildman–Crippen MR) is 302 cm³/mol. The van der Waals surface area contributed by atoms with Crippen molar-refractivity contribution in [2.75, 3.05) is 64.1 Å². The van der Waals surface area contributed by atoms with E-state index in [0.717, 1.165) is 159 Å². The lowest BCUT2D eigenvalue weighted by Crippen LogP contribution is -2.39. The number of dihydropyridines is 1. The number of piperidine rings is 2. The maximum Gasteiger partial charge on any atom is 0.249 e. The first-order chi connectivity index (χ1) is 37.2. The van der Waals surface area contributed by atoms with Gasteiger partial charge in [-0.05, 0) is 149 Å². The summed E-state index contributed by atoms with van der Waals surface area (Å²) in [5.41, 5.74) is 7.69. The van der Waals surface area contributed by atoms with Crippen molar-refractivity contribution >= 4 is 33.1 Å². The number of pyridine rings is 1. The van der Waals surface area contributed by atoms with Crippen molar-refractivity contribution in [3.63, 3.8) is 0 Å². The first kappa shape index (κ1) is 60.5. The summed E-state index contributed by atoms with van der Waals surface area (Å²) in [5, 5.41) is 24.6. The Morgan fingerprint density at radius 2 is 1.35 bits per heavy atom. The zero-order valence-corrected chi connectivity index (χ0v) is 48.4. The molecule has 4 aromatic rings. The van der Waals surface area contributed by atoms with Gasteiger partial charge in [0.05, 0.1) is 49.9 Å². The lowest BCUT2D eigenvalue weighted by atomic mass is 9.75. The number of rotatable bonds is 14. The van der Waals surface area contributed by atoms with Gasteiger partial charge in [0.2, 0.25) is 29.5 Å². The number of allylic oxidation sites excluding steroid dienone is 4. The highest BCUT2D eigenvalue weighted by Crippen LogP contribution is 2.51. The van der Waals surface area contributed by atoms with Crippen molar-refractivity contribution in [3.8, 4) is 11.5 Å². The predicted octanol–water partition coefficient (Wildman–Crippen LogP) is 8.49. The molecule has 6 N–H and O–H groups in total. The van der Waals surface area contributed by atoms with E-state index in [2.05, 4.69) is 58.7 Å². The zero-order chi connectivity index (χ0) is 53.9. The number of amides is 1. The molecule has 17 nitrogen and oxygen atoms in total. The summed E-state index contributed by atoms with van der Waals surface area (Å²) in [7, 11) is -2.20. The van der Waals surface area contributed by atoms with Crippen molar-refractivity contribution < 1.29 is 54.1 Å². The van der Waals surface area contributed by atoms with Crippen LogP contribution in [0.15, 0.2) is 48.2 Å². The van der Waals surface area contributed by atoms with Crippen molar-refractivity contribution in [3.05, 3.63) is 86.3 Å². The Kier molecular flexibility index (Phi) is 20.6. The minimum Gasteiger partial charge on any atom is -0.421 e. The van der Waals surface area contributed by atoms with E-state index >= 15 is 0 Å². The fourth-order valence-electron chi connectivity index (χ4n) is 13.0. The number of aryl methyl sites for hydroxylation is 3. The molecule has 438 valence electrons. The highest BCUT2D eigenvalue weighted by Gasteiger charge is 2.47. The molecule has 5 atom stereocenters. The summed E-state index contributed by atoms with van der Waals surface area (Å²) in [5.74, 6) is 4.28. The van der Waals surface area contributed by atoms with Crippen LogP contribution < -0.4 is 10.6 Å². The van der Waals surface area contributed by atoms with E-state index in [9.17, 15) is 22.0 Å². The first-order valence-electron chi connectivity index (χ1n) is 28.5. The molecule has 11 rings (SSSR count). The molecule has 0 saturated carbocycles. The number of benzene rings is 1. The molecule has 5 unspecified atom stereocenters. The molecular weight excluding hydrogens is 1050 g/mol. The minimum absolute atomic E-state index is 0. The van der Waals surface area contributed by atoms with E-state index in [1.165, 1.54) is 17.5 Å². The van der Waals surface area contributed by atoms with Gasteiger partial charge in [-0.25, -0.2) is 8.78 Å². The van der Waals surface area contributed by atoms with E-state index < -0.39 is 33.2 Å². The van der Waals surface area contributed by atoms with E-state index in [1.807, 2.05) is 6.92 Å². The highest BCUT2D eigenvalue weighted by atomic mass is 32.2. The number of halogens is 2. The van der Waals surface area contributed by atoms with Crippen LogP contribution in [0.25, 0.3) is 17.0 Å². The molecule has 4 saturated heterocycles. The number of fused-ring (bicyclic) bond motifs is 1. The number of carbonyl (C=O) groups is 1. The lowest BCUT2D eigenvalue weighted by Gasteiger charge is -2.38. The number of ether oxygens (including phenoxy) is 2. The fraction of sp³-hybridized carbons (Fsp3) is 0.655. The van der Waals surface area contributed by atoms with Gasteiger partial charge in [-0.15, -0.1) is 20.4 Å². The number of nitrogens with one attached hydrogen (secondary N) is 2. The molecule has 1 amide bonds. The molecule has 0 bridgehead atoms. The minimum atomic E-state index is -1.22. The number of hydrogen-bond donors (Lipinski definition) is 2. The summed E-state index contributed by atoms with van der Waals surface area (Å²) >= 11 is 0. The van der Waals surface area contributed by atoms with E-state index in [0.29, 0.717) is 90.4 Å². The molecule has 7 aliphatic heterocycles. The molecule has 21 heteroatoms. The Morgan fingerprint density at radius 1 is 0.759 bits per heavy atom. The second kappa shape index (κ2) is 27.0. The van der Waals surface area contributed by atoms with Gasteiger partial charge in [0, 0.05) is 107 Å².